The number of nitrogens with zero attached hydrogens (tertiary/aromatic N) is 2. The number of hydrogen-bond donors (Lipinski definition) is 4. The van der Waals surface area contributed by atoms with E-state index < -0.39 is 0 Å². The summed E-state index contributed by atoms with van der Waals surface area (Å²) < 4.78 is 0. The first kappa shape index (κ1) is 18.1. The maximum atomic E-state index is 11.6. The number of hydrogen-bond acceptors (Lipinski definition) is 5. The highest BCUT2D eigenvalue weighted by Gasteiger charge is 2.06. The molecule has 1 aromatic carbocycles. The molecule has 2 heterocycles. The molecule has 8 heteroatoms. The number of amides is 3. The number of aromatic nitrogens is 2. The zero-order valence-corrected chi connectivity index (χ0v) is 15.0. The molecular weight excluding hydrogens is 344 g/mol. The molecule has 3 amide bonds. The van der Waals surface area contributed by atoms with E-state index in [2.05, 4.69) is 31.2 Å². The van der Waals surface area contributed by atoms with Gasteiger partial charge in [-0.2, -0.15) is 0 Å². The molecule has 0 saturated heterocycles. The summed E-state index contributed by atoms with van der Waals surface area (Å²) >= 11 is 0. The molecule has 27 heavy (non-hydrogen) atoms. The Kier molecular flexibility index (Phi) is 5.46. The number of benzene rings is 1. The molecule has 0 radical (unpaired) electrons. The van der Waals surface area contributed by atoms with Gasteiger partial charge in [-0.3, -0.25) is 10.1 Å². The predicted molar refractivity (Wildman–Crippen MR) is 106 cm³/mol. The van der Waals surface area contributed by atoms with Crippen LogP contribution in [0.1, 0.15) is 13.8 Å². The number of anilines is 4. The molecule has 0 aliphatic carbocycles. The number of fused-ring (bicyclic) bond motifs is 1. The van der Waals surface area contributed by atoms with Crippen molar-refractivity contribution in [1.29, 1.82) is 0 Å². The molecule has 138 valence electrons. The van der Waals surface area contributed by atoms with E-state index in [0.717, 1.165) is 22.1 Å². The SMILES string of the molecule is CCNC(=O)Nc1cc2cccc(Nc3ccc(NC(C)=O)nc3)c2cn1. The minimum absolute atomic E-state index is 0.166. The van der Waals surface area contributed by atoms with Gasteiger partial charge in [0.15, 0.2) is 0 Å². The standard InChI is InChI=1S/C19H20N6O2/c1-3-20-19(27)25-18-9-13-5-4-6-16(15(13)11-22-18)24-14-7-8-17(21-10-14)23-12(2)26/h4-11,24H,3H2,1-2H3,(H,21,23,26)(H2,20,22,25,27). The van der Waals surface area contributed by atoms with Crippen molar-refractivity contribution >= 4 is 45.7 Å². The van der Waals surface area contributed by atoms with Crippen LogP contribution < -0.4 is 21.3 Å². The van der Waals surface area contributed by atoms with Crippen LogP contribution in [0.3, 0.4) is 0 Å². The van der Waals surface area contributed by atoms with Crippen molar-refractivity contribution in [2.24, 2.45) is 0 Å². The quantitative estimate of drug-likeness (QED) is 0.554. The maximum Gasteiger partial charge on any atom is 0.320 e. The molecule has 0 unspecified atom stereocenters. The summed E-state index contributed by atoms with van der Waals surface area (Å²) in [6.07, 6.45) is 3.35. The van der Waals surface area contributed by atoms with E-state index in [1.165, 1.54) is 6.92 Å². The summed E-state index contributed by atoms with van der Waals surface area (Å²) in [5, 5.41) is 13.1. The topological polar surface area (TPSA) is 108 Å². The van der Waals surface area contributed by atoms with Gasteiger partial charge in [0.05, 0.1) is 11.9 Å². The molecule has 0 fully saturated rings. The van der Waals surface area contributed by atoms with Crippen molar-refractivity contribution in [1.82, 2.24) is 15.3 Å². The first-order valence-corrected chi connectivity index (χ1v) is 8.49. The van der Waals surface area contributed by atoms with Crippen LogP contribution in [0.5, 0.6) is 0 Å². The van der Waals surface area contributed by atoms with Gasteiger partial charge in [0.1, 0.15) is 11.6 Å². The molecule has 0 saturated carbocycles. The fourth-order valence-electron chi connectivity index (χ4n) is 2.55. The van der Waals surface area contributed by atoms with Crippen LogP contribution in [0.15, 0.2) is 48.8 Å². The molecule has 0 atom stereocenters. The van der Waals surface area contributed by atoms with Crippen molar-refractivity contribution in [2.75, 3.05) is 22.5 Å². The Labute approximate surface area is 156 Å². The fourth-order valence-corrected chi connectivity index (χ4v) is 2.55. The lowest BCUT2D eigenvalue weighted by molar-refractivity contribution is -0.114. The van der Waals surface area contributed by atoms with E-state index >= 15 is 0 Å². The summed E-state index contributed by atoms with van der Waals surface area (Å²) in [6.45, 7) is 3.83. The molecule has 4 N–H and O–H groups in total. The van der Waals surface area contributed by atoms with Gasteiger partial charge in [-0.25, -0.2) is 14.8 Å². The van der Waals surface area contributed by atoms with E-state index in [-0.39, 0.29) is 11.9 Å². The third-order valence-corrected chi connectivity index (χ3v) is 3.69. The van der Waals surface area contributed by atoms with Crippen LogP contribution in [0.2, 0.25) is 0 Å². The van der Waals surface area contributed by atoms with Crippen molar-refractivity contribution in [3.8, 4) is 0 Å². The summed E-state index contributed by atoms with van der Waals surface area (Å²) in [7, 11) is 0. The summed E-state index contributed by atoms with van der Waals surface area (Å²) in [5.74, 6) is 0.806. The molecule has 0 aliphatic rings. The van der Waals surface area contributed by atoms with Crippen molar-refractivity contribution in [3.63, 3.8) is 0 Å². The van der Waals surface area contributed by atoms with E-state index in [1.807, 2.05) is 37.3 Å². The van der Waals surface area contributed by atoms with Crippen molar-refractivity contribution in [2.45, 2.75) is 13.8 Å². The van der Waals surface area contributed by atoms with Gasteiger partial charge in [0.25, 0.3) is 0 Å². The van der Waals surface area contributed by atoms with Gasteiger partial charge in [0.2, 0.25) is 5.91 Å². The van der Waals surface area contributed by atoms with Gasteiger partial charge in [0, 0.05) is 30.7 Å². The van der Waals surface area contributed by atoms with Gasteiger partial charge >= 0.3 is 6.03 Å². The normalized spacial score (nSPS) is 10.3. The van der Waals surface area contributed by atoms with Crippen LogP contribution in [0, 0.1) is 0 Å². The second-order valence-electron chi connectivity index (χ2n) is 5.82. The zero-order valence-electron chi connectivity index (χ0n) is 15.0. The molecule has 3 rings (SSSR count). The molecule has 8 nitrogen and oxygen atoms in total. The number of urea groups is 1. The minimum atomic E-state index is -0.288. The largest absolute Gasteiger partial charge is 0.354 e. The number of carbonyl (C=O) groups is 2. The highest BCUT2D eigenvalue weighted by Crippen LogP contribution is 2.27. The fraction of sp³-hybridized carbons (Fsp3) is 0.158. The lowest BCUT2D eigenvalue weighted by atomic mass is 10.1. The Morgan fingerprint density at radius 3 is 2.52 bits per heavy atom. The number of pyridine rings is 2. The third-order valence-electron chi connectivity index (χ3n) is 3.69. The highest BCUT2D eigenvalue weighted by atomic mass is 16.2. The monoisotopic (exact) mass is 364 g/mol. The van der Waals surface area contributed by atoms with Gasteiger partial charge in [-0.1, -0.05) is 12.1 Å². The molecule has 0 bridgehead atoms. The number of carbonyl (C=O) groups excluding carboxylic acids is 2. The second-order valence-corrected chi connectivity index (χ2v) is 5.82. The lowest BCUT2D eigenvalue weighted by Gasteiger charge is -2.11. The van der Waals surface area contributed by atoms with Crippen LogP contribution in [-0.4, -0.2) is 28.5 Å². The maximum absolute atomic E-state index is 11.6. The van der Waals surface area contributed by atoms with E-state index in [1.54, 1.807) is 18.5 Å². The molecule has 3 aromatic rings. The van der Waals surface area contributed by atoms with Gasteiger partial charge in [-0.05, 0) is 36.6 Å². The van der Waals surface area contributed by atoms with Gasteiger partial charge < -0.3 is 16.0 Å². The average Bonchev–Trinajstić information content (AvgIpc) is 2.63. The molecule has 2 aromatic heterocycles. The van der Waals surface area contributed by atoms with Crippen molar-refractivity contribution < 1.29 is 9.59 Å². The van der Waals surface area contributed by atoms with Crippen molar-refractivity contribution in [3.05, 3.63) is 48.8 Å². The lowest BCUT2D eigenvalue weighted by Crippen LogP contribution is -2.28. The Hall–Kier alpha value is -3.68. The average molecular weight is 364 g/mol. The summed E-state index contributed by atoms with van der Waals surface area (Å²) in [6, 6.07) is 10.9. The third kappa shape index (κ3) is 4.69. The second kappa shape index (κ2) is 8.13. The van der Waals surface area contributed by atoms with Crippen LogP contribution in [-0.2, 0) is 4.79 Å². The zero-order chi connectivity index (χ0) is 19.2. The molecular formula is C19H20N6O2. The van der Waals surface area contributed by atoms with E-state index in [4.69, 9.17) is 0 Å². The van der Waals surface area contributed by atoms with Crippen LogP contribution in [0.4, 0.5) is 27.8 Å². The summed E-state index contributed by atoms with van der Waals surface area (Å²) in [5.41, 5.74) is 1.64. The molecule has 0 spiro atoms. The van der Waals surface area contributed by atoms with Crippen LogP contribution >= 0.6 is 0 Å². The first-order chi connectivity index (χ1) is 13.0. The minimum Gasteiger partial charge on any atom is -0.354 e. The van der Waals surface area contributed by atoms with E-state index in [9.17, 15) is 9.59 Å². The summed E-state index contributed by atoms with van der Waals surface area (Å²) in [4.78, 5) is 31.2. The first-order valence-electron chi connectivity index (χ1n) is 8.49. The Morgan fingerprint density at radius 1 is 1.00 bits per heavy atom. The van der Waals surface area contributed by atoms with Crippen LogP contribution in [0.25, 0.3) is 10.8 Å². The highest BCUT2D eigenvalue weighted by molar-refractivity contribution is 5.98. The van der Waals surface area contributed by atoms with E-state index in [0.29, 0.717) is 18.2 Å². The Morgan fingerprint density at radius 2 is 1.81 bits per heavy atom. The molecule has 0 aliphatic heterocycles. The number of nitrogens with one attached hydrogen (secondary N) is 4. The number of rotatable bonds is 5. The Bertz CT molecular complexity index is 972. The smallest absolute Gasteiger partial charge is 0.320 e. The van der Waals surface area contributed by atoms with Gasteiger partial charge in [-0.15, -0.1) is 0 Å². The predicted octanol–water partition coefficient (Wildman–Crippen LogP) is 3.47. The Balaban J connectivity index is 1.80.